The molecule has 4 aromatic heterocycles. The first-order chi connectivity index (χ1) is 9.90. The van der Waals surface area contributed by atoms with Gasteiger partial charge in [-0.3, -0.25) is 0 Å². The Labute approximate surface area is 117 Å². The second-order valence-electron chi connectivity index (χ2n) is 3.98. The Morgan fingerprint density at radius 1 is 1.05 bits per heavy atom. The van der Waals surface area contributed by atoms with Gasteiger partial charge in [0.1, 0.15) is 10.8 Å². The van der Waals surface area contributed by atoms with Gasteiger partial charge in [-0.05, 0) is 36.4 Å². The van der Waals surface area contributed by atoms with E-state index in [9.17, 15) is 0 Å². The normalized spacial score (nSPS) is 11.8. The van der Waals surface area contributed by atoms with Crippen LogP contribution in [0.2, 0.25) is 0 Å². The number of furan rings is 2. The van der Waals surface area contributed by atoms with Crippen LogP contribution in [0, 0.1) is 0 Å². The van der Waals surface area contributed by atoms with Crippen LogP contribution >= 0.6 is 11.3 Å². The van der Waals surface area contributed by atoms with Crippen molar-refractivity contribution in [3.63, 3.8) is 0 Å². The summed E-state index contributed by atoms with van der Waals surface area (Å²) in [5.41, 5.74) is 0. The van der Waals surface area contributed by atoms with Gasteiger partial charge in [0, 0.05) is 0 Å². The molecule has 0 atom stereocenters. The topological polar surface area (TPSA) is 69.4 Å². The molecule has 20 heavy (non-hydrogen) atoms. The lowest BCUT2D eigenvalue weighted by Gasteiger charge is -1.89. The number of nitrogens with zero attached hydrogens (tertiary/aromatic N) is 4. The highest BCUT2D eigenvalue weighted by Crippen LogP contribution is 2.22. The van der Waals surface area contributed by atoms with E-state index in [0.717, 1.165) is 15.7 Å². The average Bonchev–Trinajstić information content (AvgIpc) is 3.20. The summed E-state index contributed by atoms with van der Waals surface area (Å²) >= 11 is 1.45. The first-order valence-corrected chi connectivity index (χ1v) is 6.69. The van der Waals surface area contributed by atoms with Gasteiger partial charge < -0.3 is 8.83 Å². The molecule has 0 aromatic carbocycles. The molecule has 0 amide bonds. The highest BCUT2D eigenvalue weighted by atomic mass is 32.1. The molecule has 7 heteroatoms. The molecule has 0 radical (unpaired) electrons. The van der Waals surface area contributed by atoms with Crippen molar-refractivity contribution in [1.82, 2.24) is 19.8 Å². The average molecular weight is 284 g/mol. The third-order valence-corrected chi connectivity index (χ3v) is 3.55. The third kappa shape index (κ3) is 1.84. The van der Waals surface area contributed by atoms with E-state index in [1.54, 1.807) is 23.1 Å². The standard InChI is InChI=1S/C13H8N4O2S/c1-3-9(18-7-1)5-6-11-16-17-12(10-4-2-8-19-10)14-15-13(17)20-11/h1-8H/b6-5-. The molecule has 0 spiro atoms. The van der Waals surface area contributed by atoms with Crippen molar-refractivity contribution in [3.05, 3.63) is 47.6 Å². The predicted molar refractivity (Wildman–Crippen MR) is 74.0 cm³/mol. The van der Waals surface area contributed by atoms with Crippen LogP contribution in [0.1, 0.15) is 10.8 Å². The van der Waals surface area contributed by atoms with E-state index in [4.69, 9.17) is 8.83 Å². The highest BCUT2D eigenvalue weighted by molar-refractivity contribution is 7.17. The van der Waals surface area contributed by atoms with Gasteiger partial charge in [0.25, 0.3) is 0 Å². The lowest BCUT2D eigenvalue weighted by Crippen LogP contribution is -1.88. The second-order valence-corrected chi connectivity index (χ2v) is 4.97. The molecule has 0 aliphatic rings. The minimum Gasteiger partial charge on any atom is -0.465 e. The van der Waals surface area contributed by atoms with Crippen molar-refractivity contribution in [2.45, 2.75) is 0 Å². The molecule has 0 unspecified atom stereocenters. The third-order valence-electron chi connectivity index (χ3n) is 2.68. The molecule has 0 saturated carbocycles. The van der Waals surface area contributed by atoms with Crippen LogP contribution in [0.4, 0.5) is 0 Å². The smallest absolute Gasteiger partial charge is 0.235 e. The Kier molecular flexibility index (Phi) is 2.49. The van der Waals surface area contributed by atoms with Crippen LogP contribution in [-0.2, 0) is 0 Å². The number of hydrogen-bond acceptors (Lipinski definition) is 6. The van der Waals surface area contributed by atoms with Crippen molar-refractivity contribution in [2.24, 2.45) is 0 Å². The number of fused-ring (bicyclic) bond motifs is 1. The predicted octanol–water partition coefficient (Wildman–Crippen LogP) is 3.21. The van der Waals surface area contributed by atoms with Crippen LogP contribution in [0.25, 0.3) is 28.7 Å². The largest absolute Gasteiger partial charge is 0.465 e. The molecule has 4 aromatic rings. The minimum absolute atomic E-state index is 0.596. The van der Waals surface area contributed by atoms with Gasteiger partial charge in [0.15, 0.2) is 5.76 Å². The van der Waals surface area contributed by atoms with E-state index in [2.05, 4.69) is 15.3 Å². The SMILES string of the molecule is C(=C/c1nn2c(-c3ccco3)nnc2s1)/c1ccco1. The summed E-state index contributed by atoms with van der Waals surface area (Å²) in [6.07, 6.45) is 6.97. The summed E-state index contributed by atoms with van der Waals surface area (Å²) in [6, 6.07) is 7.35. The fourth-order valence-corrected chi connectivity index (χ4v) is 2.54. The molecule has 0 aliphatic carbocycles. The molecule has 0 saturated heterocycles. The number of aromatic nitrogens is 4. The van der Waals surface area contributed by atoms with Gasteiger partial charge in [-0.15, -0.1) is 10.2 Å². The lowest BCUT2D eigenvalue weighted by molar-refractivity contribution is 0.557. The van der Waals surface area contributed by atoms with Crippen molar-refractivity contribution in [1.29, 1.82) is 0 Å². The Bertz CT molecular complexity index is 856. The summed E-state index contributed by atoms with van der Waals surface area (Å²) < 4.78 is 12.2. The maximum absolute atomic E-state index is 5.32. The molecule has 0 aliphatic heterocycles. The van der Waals surface area contributed by atoms with E-state index >= 15 is 0 Å². The molecule has 6 nitrogen and oxygen atoms in total. The molecule has 4 heterocycles. The van der Waals surface area contributed by atoms with E-state index in [1.165, 1.54) is 11.3 Å². The lowest BCUT2D eigenvalue weighted by atomic mass is 10.4. The first-order valence-electron chi connectivity index (χ1n) is 5.88. The summed E-state index contributed by atoms with van der Waals surface area (Å²) in [5, 5.41) is 13.4. The van der Waals surface area contributed by atoms with Crippen molar-refractivity contribution in [3.8, 4) is 11.6 Å². The Morgan fingerprint density at radius 3 is 2.75 bits per heavy atom. The van der Waals surface area contributed by atoms with Crippen molar-refractivity contribution in [2.75, 3.05) is 0 Å². The van der Waals surface area contributed by atoms with Gasteiger partial charge in [0.2, 0.25) is 10.8 Å². The van der Waals surface area contributed by atoms with E-state index in [0.29, 0.717) is 11.6 Å². The zero-order valence-corrected chi connectivity index (χ0v) is 10.9. The van der Waals surface area contributed by atoms with Gasteiger partial charge in [-0.25, -0.2) is 0 Å². The molecule has 0 N–H and O–H groups in total. The zero-order valence-electron chi connectivity index (χ0n) is 10.1. The van der Waals surface area contributed by atoms with Gasteiger partial charge in [-0.2, -0.15) is 9.61 Å². The second kappa shape index (κ2) is 4.46. The number of hydrogen-bond donors (Lipinski definition) is 0. The molecule has 4 rings (SSSR count). The molecule has 0 bridgehead atoms. The van der Waals surface area contributed by atoms with Crippen LogP contribution in [-0.4, -0.2) is 19.8 Å². The van der Waals surface area contributed by atoms with Crippen molar-refractivity contribution >= 4 is 28.4 Å². The summed E-state index contributed by atoms with van der Waals surface area (Å²) in [7, 11) is 0. The van der Waals surface area contributed by atoms with E-state index in [-0.39, 0.29) is 0 Å². The quantitative estimate of drug-likeness (QED) is 0.577. The summed E-state index contributed by atoms with van der Waals surface area (Å²) in [6.45, 7) is 0. The fraction of sp³-hybridized carbons (Fsp3) is 0. The summed E-state index contributed by atoms with van der Waals surface area (Å²) in [4.78, 5) is 0.718. The monoisotopic (exact) mass is 284 g/mol. The van der Waals surface area contributed by atoms with Crippen LogP contribution in [0.3, 0.4) is 0 Å². The molecular weight excluding hydrogens is 276 g/mol. The Hall–Kier alpha value is -2.67. The highest BCUT2D eigenvalue weighted by Gasteiger charge is 2.14. The maximum atomic E-state index is 5.32. The first kappa shape index (κ1) is 11.2. The molecule has 0 fully saturated rings. The fourth-order valence-electron chi connectivity index (χ4n) is 1.80. The Morgan fingerprint density at radius 2 is 1.95 bits per heavy atom. The zero-order chi connectivity index (χ0) is 13.4. The van der Waals surface area contributed by atoms with E-state index < -0.39 is 0 Å². The van der Waals surface area contributed by atoms with Gasteiger partial charge >= 0.3 is 0 Å². The van der Waals surface area contributed by atoms with Gasteiger partial charge in [0.05, 0.1) is 12.5 Å². The Balaban J connectivity index is 1.73. The summed E-state index contributed by atoms with van der Waals surface area (Å²) in [5.74, 6) is 2.02. The maximum Gasteiger partial charge on any atom is 0.235 e. The number of rotatable bonds is 3. The van der Waals surface area contributed by atoms with Crippen LogP contribution < -0.4 is 0 Å². The molecule has 98 valence electrons. The minimum atomic E-state index is 0.596. The van der Waals surface area contributed by atoms with Crippen LogP contribution in [0.5, 0.6) is 0 Å². The van der Waals surface area contributed by atoms with Crippen LogP contribution in [0.15, 0.2) is 45.6 Å². The van der Waals surface area contributed by atoms with Crippen molar-refractivity contribution < 1.29 is 8.83 Å². The van der Waals surface area contributed by atoms with E-state index in [1.807, 2.05) is 30.4 Å². The molecular formula is C13H8N4O2S. The van der Waals surface area contributed by atoms with Gasteiger partial charge in [-0.1, -0.05) is 11.3 Å².